The molecule has 0 N–H and O–H groups in total. The number of morpholine rings is 1. The zero-order valence-corrected chi connectivity index (χ0v) is 10.8. The van der Waals surface area contributed by atoms with Crippen molar-refractivity contribution in [2.45, 2.75) is 39.3 Å². The molecular formula is C12H22N4O. The Morgan fingerprint density at radius 1 is 1.47 bits per heavy atom. The highest BCUT2D eigenvalue weighted by molar-refractivity contribution is 4.80. The SMILES string of the molecule is CCCC1COCCN1CCn1ncnc1C. The Balaban J connectivity index is 1.86. The molecule has 5 nitrogen and oxygen atoms in total. The van der Waals surface area contributed by atoms with E-state index in [1.807, 2.05) is 11.6 Å². The summed E-state index contributed by atoms with van der Waals surface area (Å²) in [5.74, 6) is 0.991. The normalized spacial score (nSPS) is 21.9. The van der Waals surface area contributed by atoms with Crippen molar-refractivity contribution in [3.8, 4) is 0 Å². The molecule has 1 aliphatic rings. The quantitative estimate of drug-likeness (QED) is 0.770. The van der Waals surface area contributed by atoms with Crippen molar-refractivity contribution in [2.75, 3.05) is 26.3 Å². The first-order chi connectivity index (χ1) is 8.31. The fourth-order valence-electron chi connectivity index (χ4n) is 2.35. The lowest BCUT2D eigenvalue weighted by Crippen LogP contribution is -2.46. The Bertz CT molecular complexity index is 337. The molecule has 1 unspecified atom stereocenters. The minimum atomic E-state index is 0.581. The van der Waals surface area contributed by atoms with E-state index in [4.69, 9.17) is 4.74 Å². The van der Waals surface area contributed by atoms with Gasteiger partial charge in [0.15, 0.2) is 0 Å². The third-order valence-corrected chi connectivity index (χ3v) is 3.38. The molecule has 0 aliphatic carbocycles. The van der Waals surface area contributed by atoms with Crippen molar-refractivity contribution in [2.24, 2.45) is 0 Å². The van der Waals surface area contributed by atoms with Crippen LogP contribution in [0.5, 0.6) is 0 Å². The molecule has 5 heteroatoms. The summed E-state index contributed by atoms with van der Waals surface area (Å²) in [6.45, 7) is 8.97. The molecule has 0 spiro atoms. The van der Waals surface area contributed by atoms with Crippen LogP contribution in [0.4, 0.5) is 0 Å². The van der Waals surface area contributed by atoms with Gasteiger partial charge in [0.05, 0.1) is 19.8 Å². The minimum Gasteiger partial charge on any atom is -0.378 e. The highest BCUT2D eigenvalue weighted by Gasteiger charge is 2.21. The maximum absolute atomic E-state index is 5.55. The van der Waals surface area contributed by atoms with Crippen molar-refractivity contribution in [3.05, 3.63) is 12.2 Å². The van der Waals surface area contributed by atoms with E-state index in [2.05, 4.69) is 21.9 Å². The second-order valence-electron chi connectivity index (χ2n) is 4.58. The third kappa shape index (κ3) is 3.26. The van der Waals surface area contributed by atoms with Crippen molar-refractivity contribution in [1.82, 2.24) is 19.7 Å². The van der Waals surface area contributed by atoms with Gasteiger partial charge in [0.25, 0.3) is 0 Å². The van der Waals surface area contributed by atoms with Gasteiger partial charge in [-0.05, 0) is 13.3 Å². The summed E-state index contributed by atoms with van der Waals surface area (Å²) in [5.41, 5.74) is 0. The molecular weight excluding hydrogens is 216 g/mol. The van der Waals surface area contributed by atoms with Gasteiger partial charge in [0.2, 0.25) is 0 Å². The van der Waals surface area contributed by atoms with Crippen LogP contribution in [0, 0.1) is 6.92 Å². The van der Waals surface area contributed by atoms with Crippen LogP contribution in [-0.2, 0) is 11.3 Å². The largest absolute Gasteiger partial charge is 0.378 e. The Morgan fingerprint density at radius 3 is 3.06 bits per heavy atom. The average Bonchev–Trinajstić information content (AvgIpc) is 2.74. The molecule has 1 aromatic rings. The highest BCUT2D eigenvalue weighted by atomic mass is 16.5. The van der Waals surface area contributed by atoms with Gasteiger partial charge in [0.1, 0.15) is 12.2 Å². The number of ether oxygens (including phenoxy) is 1. The number of aromatic nitrogens is 3. The topological polar surface area (TPSA) is 43.2 Å². The van der Waals surface area contributed by atoms with Crippen LogP contribution in [0.15, 0.2) is 6.33 Å². The van der Waals surface area contributed by atoms with Crippen molar-refractivity contribution in [3.63, 3.8) is 0 Å². The van der Waals surface area contributed by atoms with E-state index in [1.54, 1.807) is 6.33 Å². The molecule has 2 rings (SSSR count). The number of rotatable bonds is 5. The molecule has 0 saturated carbocycles. The number of hydrogen-bond acceptors (Lipinski definition) is 4. The van der Waals surface area contributed by atoms with Crippen LogP contribution in [0.25, 0.3) is 0 Å². The van der Waals surface area contributed by atoms with Crippen molar-refractivity contribution >= 4 is 0 Å². The van der Waals surface area contributed by atoms with E-state index in [0.29, 0.717) is 6.04 Å². The molecule has 0 aromatic carbocycles. The van der Waals surface area contributed by atoms with E-state index in [0.717, 1.165) is 38.7 Å². The average molecular weight is 238 g/mol. The fourth-order valence-corrected chi connectivity index (χ4v) is 2.35. The summed E-state index contributed by atoms with van der Waals surface area (Å²) in [6, 6.07) is 0.581. The van der Waals surface area contributed by atoms with Gasteiger partial charge in [-0.25, -0.2) is 9.67 Å². The van der Waals surface area contributed by atoms with Crippen LogP contribution in [0.2, 0.25) is 0 Å². The lowest BCUT2D eigenvalue weighted by atomic mass is 10.1. The van der Waals surface area contributed by atoms with Crippen LogP contribution in [-0.4, -0.2) is 52.0 Å². The van der Waals surface area contributed by atoms with E-state index < -0.39 is 0 Å². The van der Waals surface area contributed by atoms with Gasteiger partial charge in [-0.1, -0.05) is 13.3 Å². The Kier molecular flexibility index (Phi) is 4.50. The zero-order valence-electron chi connectivity index (χ0n) is 10.8. The lowest BCUT2D eigenvalue weighted by molar-refractivity contribution is -0.0123. The Hall–Kier alpha value is -0.940. The number of nitrogens with zero attached hydrogens (tertiary/aromatic N) is 4. The molecule has 2 heterocycles. The summed E-state index contributed by atoms with van der Waals surface area (Å²) < 4.78 is 7.52. The monoisotopic (exact) mass is 238 g/mol. The maximum atomic E-state index is 5.55. The second kappa shape index (κ2) is 6.12. The van der Waals surface area contributed by atoms with Crippen molar-refractivity contribution in [1.29, 1.82) is 0 Å². The summed E-state index contributed by atoms with van der Waals surface area (Å²) in [7, 11) is 0. The highest BCUT2D eigenvalue weighted by Crippen LogP contribution is 2.12. The van der Waals surface area contributed by atoms with Crippen LogP contribution in [0.1, 0.15) is 25.6 Å². The Labute approximate surface area is 103 Å². The van der Waals surface area contributed by atoms with Crippen LogP contribution >= 0.6 is 0 Å². The molecule has 0 amide bonds. The van der Waals surface area contributed by atoms with E-state index in [1.165, 1.54) is 12.8 Å². The van der Waals surface area contributed by atoms with Crippen LogP contribution in [0.3, 0.4) is 0 Å². The fraction of sp³-hybridized carbons (Fsp3) is 0.833. The van der Waals surface area contributed by atoms with Gasteiger partial charge < -0.3 is 4.74 Å². The molecule has 1 atom stereocenters. The molecule has 0 bridgehead atoms. The summed E-state index contributed by atoms with van der Waals surface area (Å²) >= 11 is 0. The third-order valence-electron chi connectivity index (χ3n) is 3.38. The van der Waals surface area contributed by atoms with Gasteiger partial charge in [-0.2, -0.15) is 5.10 Å². The first-order valence-corrected chi connectivity index (χ1v) is 6.47. The van der Waals surface area contributed by atoms with Gasteiger partial charge >= 0.3 is 0 Å². The maximum Gasteiger partial charge on any atom is 0.138 e. The molecule has 1 aliphatic heterocycles. The number of hydrogen-bond donors (Lipinski definition) is 0. The summed E-state index contributed by atoms with van der Waals surface area (Å²) in [6.07, 6.45) is 4.06. The van der Waals surface area contributed by atoms with E-state index in [-0.39, 0.29) is 0 Å². The summed E-state index contributed by atoms with van der Waals surface area (Å²) in [4.78, 5) is 6.67. The molecule has 1 saturated heterocycles. The predicted octanol–water partition coefficient (Wildman–Crippen LogP) is 1.09. The second-order valence-corrected chi connectivity index (χ2v) is 4.58. The van der Waals surface area contributed by atoms with E-state index >= 15 is 0 Å². The van der Waals surface area contributed by atoms with Gasteiger partial charge in [0, 0.05) is 19.1 Å². The molecule has 0 radical (unpaired) electrons. The van der Waals surface area contributed by atoms with Gasteiger partial charge in [-0.3, -0.25) is 4.90 Å². The first kappa shape index (κ1) is 12.5. The molecule has 17 heavy (non-hydrogen) atoms. The summed E-state index contributed by atoms with van der Waals surface area (Å²) in [5, 5.41) is 4.22. The standard InChI is InChI=1S/C12H22N4O/c1-3-4-12-9-17-8-7-15(12)5-6-16-11(2)13-10-14-16/h10,12H,3-9H2,1-2H3. The zero-order chi connectivity index (χ0) is 12.1. The van der Waals surface area contributed by atoms with Gasteiger partial charge in [-0.15, -0.1) is 0 Å². The van der Waals surface area contributed by atoms with Crippen LogP contribution < -0.4 is 0 Å². The van der Waals surface area contributed by atoms with E-state index in [9.17, 15) is 0 Å². The first-order valence-electron chi connectivity index (χ1n) is 6.47. The predicted molar refractivity (Wildman–Crippen MR) is 65.8 cm³/mol. The smallest absolute Gasteiger partial charge is 0.138 e. The number of aryl methyl sites for hydroxylation is 1. The minimum absolute atomic E-state index is 0.581. The molecule has 1 aromatic heterocycles. The molecule has 1 fully saturated rings. The molecule has 96 valence electrons. The van der Waals surface area contributed by atoms with Crippen molar-refractivity contribution < 1.29 is 4.74 Å². The lowest BCUT2D eigenvalue weighted by Gasteiger charge is -2.35. The Morgan fingerprint density at radius 2 is 2.35 bits per heavy atom.